The molecular weight excluding hydrogens is 450 g/mol. The molecule has 1 aromatic heterocycles. The highest BCUT2D eigenvalue weighted by atomic mass is 32.2. The second-order valence-electron chi connectivity index (χ2n) is 7.00. The number of carbonyl (C=O) groups is 2. The average molecular weight is 476 g/mol. The maximum atomic E-state index is 12.4. The molecule has 1 fully saturated rings. The Balaban J connectivity index is 1.65. The summed E-state index contributed by atoms with van der Waals surface area (Å²) in [5, 5.41) is 6.22. The van der Waals surface area contributed by atoms with Gasteiger partial charge in [-0.05, 0) is 69.5 Å². The number of benzene rings is 1. The molecular formula is C21H25N5O4S2. The van der Waals surface area contributed by atoms with Crippen LogP contribution in [0.1, 0.15) is 17.4 Å². The number of anilines is 1. The summed E-state index contributed by atoms with van der Waals surface area (Å²) in [7, 11) is 4.00. The number of thioether (sulfide) groups is 1. The normalized spacial score (nSPS) is 16.0. The number of ether oxygens (including phenoxy) is 2. The molecule has 0 unspecified atom stereocenters. The number of rotatable bonds is 8. The van der Waals surface area contributed by atoms with E-state index in [0.717, 1.165) is 28.4 Å². The van der Waals surface area contributed by atoms with Crippen molar-refractivity contribution in [1.82, 2.24) is 15.2 Å². The van der Waals surface area contributed by atoms with Crippen LogP contribution in [-0.2, 0) is 9.53 Å². The maximum Gasteiger partial charge on any atom is 0.413 e. The molecule has 170 valence electrons. The van der Waals surface area contributed by atoms with Gasteiger partial charge in [-0.2, -0.15) is 0 Å². The van der Waals surface area contributed by atoms with Gasteiger partial charge in [-0.15, -0.1) is 0 Å². The van der Waals surface area contributed by atoms with Crippen LogP contribution in [0.15, 0.2) is 34.3 Å². The van der Waals surface area contributed by atoms with Crippen LogP contribution in [0.2, 0.25) is 0 Å². The predicted octanol–water partition coefficient (Wildman–Crippen LogP) is 3.85. The molecule has 2 amide bonds. The van der Waals surface area contributed by atoms with Crippen molar-refractivity contribution in [2.24, 2.45) is 4.99 Å². The van der Waals surface area contributed by atoms with Crippen LogP contribution in [0.5, 0.6) is 5.75 Å². The fraction of sp³-hybridized carbons (Fsp3) is 0.333. The number of carbonyl (C=O) groups excluding carboxylic acids is 2. The lowest BCUT2D eigenvalue weighted by atomic mass is 10.2. The van der Waals surface area contributed by atoms with Gasteiger partial charge in [0.1, 0.15) is 12.4 Å². The van der Waals surface area contributed by atoms with Crippen molar-refractivity contribution in [1.29, 1.82) is 0 Å². The van der Waals surface area contributed by atoms with Gasteiger partial charge in [-0.25, -0.2) is 14.8 Å². The molecule has 2 aromatic rings. The Morgan fingerprint density at radius 2 is 2.19 bits per heavy atom. The summed E-state index contributed by atoms with van der Waals surface area (Å²) in [6.45, 7) is 5.39. The molecule has 2 N–H and O–H groups in total. The molecule has 0 saturated carbocycles. The number of nitrogens with one attached hydrogen (secondary N) is 2. The van der Waals surface area contributed by atoms with Crippen molar-refractivity contribution in [3.05, 3.63) is 39.7 Å². The number of amidine groups is 1. The van der Waals surface area contributed by atoms with Gasteiger partial charge in [0.05, 0.1) is 22.1 Å². The van der Waals surface area contributed by atoms with Gasteiger partial charge >= 0.3 is 6.09 Å². The number of hydrogen-bond donors (Lipinski definition) is 2. The number of amides is 2. The standard InChI is InChI=1S/C21H25N5O4S2/c1-5-29-21(28)25-19-22-12-15(31-19)11-17-18(27)24-20(32-17)23-16-7-6-14(10-13(16)2)30-9-8-26(3)4/h6-7,10-12H,5,8-9H2,1-4H3,(H,22,25,28)(H,23,24,27). The molecule has 2 heterocycles. The van der Waals surface area contributed by atoms with Crippen molar-refractivity contribution in [3.8, 4) is 5.75 Å². The van der Waals surface area contributed by atoms with Gasteiger partial charge in [-0.3, -0.25) is 10.1 Å². The molecule has 1 aliphatic heterocycles. The van der Waals surface area contributed by atoms with Crippen molar-refractivity contribution >= 4 is 57.2 Å². The summed E-state index contributed by atoms with van der Waals surface area (Å²) in [5.41, 5.74) is 1.71. The zero-order chi connectivity index (χ0) is 23.1. The van der Waals surface area contributed by atoms with E-state index in [1.54, 1.807) is 19.2 Å². The Morgan fingerprint density at radius 1 is 1.38 bits per heavy atom. The van der Waals surface area contributed by atoms with Gasteiger partial charge in [0.2, 0.25) is 0 Å². The third-order valence-corrected chi connectivity index (χ3v) is 5.90. The van der Waals surface area contributed by atoms with Crippen molar-refractivity contribution in [2.75, 3.05) is 39.2 Å². The van der Waals surface area contributed by atoms with E-state index in [4.69, 9.17) is 9.47 Å². The molecule has 3 rings (SSSR count). The SMILES string of the molecule is CCOC(=O)Nc1ncc(C=C2SC(=Nc3ccc(OCCN(C)C)cc3C)NC2=O)s1. The molecule has 0 radical (unpaired) electrons. The molecule has 32 heavy (non-hydrogen) atoms. The van der Waals surface area contributed by atoms with E-state index < -0.39 is 6.09 Å². The van der Waals surface area contributed by atoms with Gasteiger partial charge < -0.3 is 19.7 Å². The maximum absolute atomic E-state index is 12.4. The van der Waals surface area contributed by atoms with E-state index in [9.17, 15) is 9.59 Å². The van der Waals surface area contributed by atoms with Crippen molar-refractivity contribution in [3.63, 3.8) is 0 Å². The van der Waals surface area contributed by atoms with Crippen LogP contribution in [0.3, 0.4) is 0 Å². The summed E-state index contributed by atoms with van der Waals surface area (Å²) in [6, 6.07) is 5.68. The first-order valence-electron chi connectivity index (χ1n) is 9.91. The van der Waals surface area contributed by atoms with Gasteiger partial charge in [-0.1, -0.05) is 11.3 Å². The van der Waals surface area contributed by atoms with E-state index in [1.807, 2.05) is 39.2 Å². The molecule has 0 bridgehead atoms. The number of aryl methyl sites for hydroxylation is 1. The Bertz CT molecular complexity index is 1050. The fourth-order valence-corrected chi connectivity index (χ4v) is 4.22. The van der Waals surface area contributed by atoms with E-state index in [-0.39, 0.29) is 12.5 Å². The molecule has 1 aromatic carbocycles. The van der Waals surface area contributed by atoms with E-state index in [1.165, 1.54) is 23.1 Å². The van der Waals surface area contributed by atoms with Crippen molar-refractivity contribution < 1.29 is 19.1 Å². The number of thiazole rings is 1. The second kappa shape index (κ2) is 11.1. The summed E-state index contributed by atoms with van der Waals surface area (Å²) in [5.74, 6) is 0.553. The van der Waals surface area contributed by atoms with Crippen LogP contribution < -0.4 is 15.4 Å². The van der Waals surface area contributed by atoms with Crippen LogP contribution >= 0.6 is 23.1 Å². The van der Waals surface area contributed by atoms with E-state index in [0.29, 0.717) is 21.8 Å². The lowest BCUT2D eigenvalue weighted by Gasteiger charge is -2.12. The third-order valence-electron chi connectivity index (χ3n) is 4.13. The minimum atomic E-state index is -0.562. The first-order valence-corrected chi connectivity index (χ1v) is 11.5. The van der Waals surface area contributed by atoms with E-state index in [2.05, 4.69) is 25.5 Å². The lowest BCUT2D eigenvalue weighted by molar-refractivity contribution is -0.115. The summed E-state index contributed by atoms with van der Waals surface area (Å²) >= 11 is 2.49. The molecule has 11 heteroatoms. The monoisotopic (exact) mass is 475 g/mol. The first-order chi connectivity index (χ1) is 15.3. The highest BCUT2D eigenvalue weighted by Crippen LogP contribution is 2.31. The third kappa shape index (κ3) is 6.81. The lowest BCUT2D eigenvalue weighted by Crippen LogP contribution is -2.19. The number of hydrogen-bond acceptors (Lipinski definition) is 9. The van der Waals surface area contributed by atoms with Crippen LogP contribution in [0, 0.1) is 6.92 Å². The van der Waals surface area contributed by atoms with Crippen molar-refractivity contribution in [2.45, 2.75) is 13.8 Å². The minimum absolute atomic E-state index is 0.233. The van der Waals surface area contributed by atoms with Gasteiger partial charge in [0.15, 0.2) is 10.3 Å². The highest BCUT2D eigenvalue weighted by molar-refractivity contribution is 8.18. The molecule has 0 aliphatic carbocycles. The predicted molar refractivity (Wildman–Crippen MR) is 129 cm³/mol. The quantitative estimate of drug-likeness (QED) is 0.559. The Labute approximate surface area is 194 Å². The number of nitrogens with zero attached hydrogens (tertiary/aromatic N) is 3. The smallest absolute Gasteiger partial charge is 0.413 e. The number of aliphatic imine (C=N–C) groups is 1. The fourth-order valence-electron chi connectivity index (χ4n) is 2.57. The molecule has 1 aliphatic rings. The average Bonchev–Trinajstić information content (AvgIpc) is 3.30. The molecule has 9 nitrogen and oxygen atoms in total. The molecule has 0 spiro atoms. The zero-order valence-corrected chi connectivity index (χ0v) is 19.9. The molecule has 1 saturated heterocycles. The second-order valence-corrected chi connectivity index (χ2v) is 9.09. The minimum Gasteiger partial charge on any atom is -0.492 e. The Hall–Kier alpha value is -2.89. The van der Waals surface area contributed by atoms with Gasteiger partial charge in [0.25, 0.3) is 5.91 Å². The highest BCUT2D eigenvalue weighted by Gasteiger charge is 2.24. The first kappa shape index (κ1) is 23.8. The molecule has 0 atom stereocenters. The number of likely N-dealkylation sites (N-methyl/N-ethyl adjacent to an activating group) is 1. The van der Waals surface area contributed by atoms with E-state index >= 15 is 0 Å². The number of aromatic nitrogens is 1. The Morgan fingerprint density at radius 3 is 2.91 bits per heavy atom. The topological polar surface area (TPSA) is 105 Å². The zero-order valence-electron chi connectivity index (χ0n) is 18.3. The van der Waals surface area contributed by atoms with Gasteiger partial charge in [0, 0.05) is 12.7 Å². The largest absolute Gasteiger partial charge is 0.492 e. The van der Waals surface area contributed by atoms with Crippen LogP contribution in [0.25, 0.3) is 6.08 Å². The summed E-state index contributed by atoms with van der Waals surface area (Å²) in [4.78, 5) is 35.8. The summed E-state index contributed by atoms with van der Waals surface area (Å²) in [6.07, 6.45) is 2.74. The van der Waals surface area contributed by atoms with Crippen LogP contribution in [-0.4, -0.2) is 60.9 Å². The summed E-state index contributed by atoms with van der Waals surface area (Å²) < 4.78 is 10.6. The van der Waals surface area contributed by atoms with Crippen LogP contribution in [0.4, 0.5) is 15.6 Å². The Kier molecular flexibility index (Phi) is 8.26.